The zero-order chi connectivity index (χ0) is 24.0. The van der Waals surface area contributed by atoms with Crippen molar-refractivity contribution in [3.63, 3.8) is 0 Å². The van der Waals surface area contributed by atoms with Gasteiger partial charge in [-0.1, -0.05) is 48.0 Å². The van der Waals surface area contributed by atoms with E-state index in [4.69, 9.17) is 16.3 Å². The summed E-state index contributed by atoms with van der Waals surface area (Å²) in [4.78, 5) is 12.6. The average molecular weight is 471 g/mol. The highest BCUT2D eigenvalue weighted by Crippen LogP contribution is 2.30. The van der Waals surface area contributed by atoms with Gasteiger partial charge in [-0.05, 0) is 54.5 Å². The molecular formula is C25H18ClF3N2O2. The summed E-state index contributed by atoms with van der Waals surface area (Å²) in [6.07, 6.45) is -3.09. The Kier molecular flexibility index (Phi) is 7.41. The van der Waals surface area contributed by atoms with E-state index in [2.05, 4.69) is 5.32 Å². The Morgan fingerprint density at radius 2 is 1.85 bits per heavy atom. The molecule has 0 bridgehead atoms. The second kappa shape index (κ2) is 10.2. The number of rotatable bonds is 6. The van der Waals surface area contributed by atoms with Crippen LogP contribution in [0.15, 0.2) is 72.3 Å². The Morgan fingerprint density at radius 3 is 2.58 bits per heavy atom. The van der Waals surface area contributed by atoms with Crippen LogP contribution >= 0.6 is 11.6 Å². The monoisotopic (exact) mass is 470 g/mol. The predicted molar refractivity (Wildman–Crippen MR) is 121 cm³/mol. The van der Waals surface area contributed by atoms with Gasteiger partial charge in [-0.2, -0.15) is 18.4 Å². The first-order valence-corrected chi connectivity index (χ1v) is 10.1. The number of halogens is 4. The van der Waals surface area contributed by atoms with Crippen LogP contribution in [0.25, 0.3) is 6.08 Å². The lowest BCUT2D eigenvalue weighted by Crippen LogP contribution is -2.14. The number of hydrogen-bond donors (Lipinski definition) is 1. The second-order valence-electron chi connectivity index (χ2n) is 7.06. The van der Waals surface area contributed by atoms with Gasteiger partial charge in [0.05, 0.1) is 5.56 Å². The first-order valence-electron chi connectivity index (χ1n) is 9.75. The Bertz CT molecular complexity index is 1250. The van der Waals surface area contributed by atoms with Gasteiger partial charge in [-0.15, -0.1) is 0 Å². The Hall–Kier alpha value is -3.76. The molecule has 0 aliphatic rings. The first-order chi connectivity index (χ1) is 15.7. The summed E-state index contributed by atoms with van der Waals surface area (Å²) >= 11 is 6.07. The maximum absolute atomic E-state index is 12.9. The van der Waals surface area contributed by atoms with Gasteiger partial charge in [0.15, 0.2) is 0 Å². The number of alkyl halides is 3. The molecule has 0 aliphatic carbocycles. The van der Waals surface area contributed by atoms with Crippen molar-refractivity contribution >= 4 is 29.3 Å². The van der Waals surface area contributed by atoms with E-state index in [-0.39, 0.29) is 12.2 Å². The number of nitrogens with one attached hydrogen (secondary N) is 1. The van der Waals surface area contributed by atoms with Crippen molar-refractivity contribution in [2.45, 2.75) is 19.7 Å². The standard InChI is InChI=1S/C25H18ClF3N2O2/c1-16-21(26)9-5-10-22(16)31-24(32)19(14-30)13-18-7-2-3-11-23(18)33-15-17-6-4-8-20(12-17)25(27,28)29/h2-13H,15H2,1H3,(H,31,32). The van der Waals surface area contributed by atoms with E-state index in [0.717, 1.165) is 12.1 Å². The summed E-state index contributed by atoms with van der Waals surface area (Å²) in [6, 6.07) is 18.3. The minimum atomic E-state index is -4.45. The molecule has 1 N–H and O–H groups in total. The van der Waals surface area contributed by atoms with Crippen LogP contribution in [-0.4, -0.2) is 5.91 Å². The van der Waals surface area contributed by atoms with Crippen molar-refractivity contribution in [3.8, 4) is 11.8 Å². The number of anilines is 1. The topological polar surface area (TPSA) is 62.1 Å². The summed E-state index contributed by atoms with van der Waals surface area (Å²) in [5.41, 5.74) is 0.954. The molecule has 33 heavy (non-hydrogen) atoms. The maximum atomic E-state index is 12.9. The van der Waals surface area contributed by atoms with Crippen LogP contribution in [0.5, 0.6) is 5.75 Å². The highest BCUT2D eigenvalue weighted by atomic mass is 35.5. The minimum Gasteiger partial charge on any atom is -0.488 e. The molecule has 3 rings (SSSR count). The number of nitrogens with zero attached hydrogens (tertiary/aromatic N) is 1. The average Bonchev–Trinajstić information content (AvgIpc) is 2.79. The third-order valence-electron chi connectivity index (χ3n) is 4.75. The molecule has 4 nitrogen and oxygen atoms in total. The number of ether oxygens (including phenoxy) is 1. The number of carbonyl (C=O) groups excluding carboxylic acids is 1. The van der Waals surface area contributed by atoms with E-state index in [1.165, 1.54) is 18.2 Å². The molecule has 0 radical (unpaired) electrons. The van der Waals surface area contributed by atoms with Crippen LogP contribution in [0.2, 0.25) is 5.02 Å². The molecule has 0 heterocycles. The number of para-hydroxylation sites is 1. The van der Waals surface area contributed by atoms with Crippen molar-refractivity contribution in [2.75, 3.05) is 5.32 Å². The number of carbonyl (C=O) groups is 1. The molecule has 0 aliphatic heterocycles. The molecule has 3 aromatic carbocycles. The lowest BCUT2D eigenvalue weighted by atomic mass is 10.1. The summed E-state index contributed by atoms with van der Waals surface area (Å²) in [6.45, 7) is 1.62. The molecule has 0 fully saturated rings. The van der Waals surface area contributed by atoms with Crippen molar-refractivity contribution in [1.29, 1.82) is 5.26 Å². The predicted octanol–water partition coefficient (Wildman–Crippen LogP) is 6.79. The van der Waals surface area contributed by atoms with Gasteiger partial charge in [-0.25, -0.2) is 0 Å². The smallest absolute Gasteiger partial charge is 0.416 e. The fourth-order valence-electron chi connectivity index (χ4n) is 2.97. The highest BCUT2D eigenvalue weighted by Gasteiger charge is 2.30. The first kappa shape index (κ1) is 23.9. The van der Waals surface area contributed by atoms with Crippen molar-refractivity contribution in [1.82, 2.24) is 0 Å². The molecule has 0 saturated heterocycles. The third-order valence-corrected chi connectivity index (χ3v) is 5.16. The van der Waals surface area contributed by atoms with E-state index < -0.39 is 17.6 Å². The zero-order valence-electron chi connectivity index (χ0n) is 17.4. The second-order valence-corrected chi connectivity index (χ2v) is 7.47. The van der Waals surface area contributed by atoms with Crippen LogP contribution in [0.3, 0.4) is 0 Å². The number of benzene rings is 3. The molecule has 0 atom stereocenters. The van der Waals surface area contributed by atoms with Crippen molar-refractivity contribution < 1.29 is 22.7 Å². The fraction of sp³-hybridized carbons (Fsp3) is 0.120. The molecule has 1 amide bonds. The van der Waals surface area contributed by atoms with E-state index >= 15 is 0 Å². The van der Waals surface area contributed by atoms with Crippen LogP contribution in [-0.2, 0) is 17.6 Å². The minimum absolute atomic E-state index is 0.120. The Morgan fingerprint density at radius 1 is 1.12 bits per heavy atom. The summed E-state index contributed by atoms with van der Waals surface area (Å²) in [7, 11) is 0. The molecule has 168 valence electrons. The quantitative estimate of drug-likeness (QED) is 0.318. The lowest BCUT2D eigenvalue weighted by Gasteiger charge is -2.12. The van der Waals surface area contributed by atoms with Crippen LogP contribution in [0, 0.1) is 18.3 Å². The van der Waals surface area contributed by atoms with Gasteiger partial charge in [0, 0.05) is 16.3 Å². The summed E-state index contributed by atoms with van der Waals surface area (Å²) in [5.74, 6) is -0.315. The third kappa shape index (κ3) is 6.15. The summed E-state index contributed by atoms with van der Waals surface area (Å²) in [5, 5.41) is 12.6. The van der Waals surface area contributed by atoms with E-state index in [0.29, 0.717) is 33.1 Å². The van der Waals surface area contributed by atoms with E-state index in [9.17, 15) is 23.2 Å². The largest absolute Gasteiger partial charge is 0.488 e. The highest BCUT2D eigenvalue weighted by molar-refractivity contribution is 6.31. The zero-order valence-corrected chi connectivity index (χ0v) is 18.2. The number of nitriles is 1. The normalized spacial score (nSPS) is 11.6. The fourth-order valence-corrected chi connectivity index (χ4v) is 3.14. The van der Waals surface area contributed by atoms with Crippen molar-refractivity contribution in [2.24, 2.45) is 0 Å². The van der Waals surface area contributed by atoms with Crippen LogP contribution in [0.4, 0.5) is 18.9 Å². The SMILES string of the molecule is Cc1c(Cl)cccc1NC(=O)C(C#N)=Cc1ccccc1OCc1cccc(C(F)(F)F)c1. The number of amides is 1. The van der Waals surface area contributed by atoms with Gasteiger partial charge < -0.3 is 10.1 Å². The molecular weight excluding hydrogens is 453 g/mol. The Labute approximate surface area is 193 Å². The van der Waals surface area contributed by atoms with E-state index in [1.54, 1.807) is 49.4 Å². The molecule has 0 saturated carbocycles. The lowest BCUT2D eigenvalue weighted by molar-refractivity contribution is -0.137. The number of hydrogen-bond acceptors (Lipinski definition) is 3. The van der Waals surface area contributed by atoms with Crippen LogP contribution < -0.4 is 10.1 Å². The van der Waals surface area contributed by atoms with E-state index in [1.807, 2.05) is 6.07 Å². The maximum Gasteiger partial charge on any atom is 0.416 e. The van der Waals surface area contributed by atoms with Crippen LogP contribution in [0.1, 0.15) is 22.3 Å². The van der Waals surface area contributed by atoms with Gasteiger partial charge in [0.1, 0.15) is 24.0 Å². The molecule has 3 aromatic rings. The van der Waals surface area contributed by atoms with Crippen molar-refractivity contribution in [3.05, 3.63) is 99.6 Å². The molecule has 0 spiro atoms. The van der Waals surface area contributed by atoms with Gasteiger partial charge in [0.2, 0.25) is 0 Å². The molecule has 8 heteroatoms. The summed E-state index contributed by atoms with van der Waals surface area (Å²) < 4.78 is 44.5. The Balaban J connectivity index is 1.80. The molecule has 0 aromatic heterocycles. The van der Waals surface area contributed by atoms with Gasteiger partial charge in [-0.3, -0.25) is 4.79 Å². The molecule has 0 unspecified atom stereocenters. The van der Waals surface area contributed by atoms with Gasteiger partial charge >= 0.3 is 6.18 Å². The van der Waals surface area contributed by atoms with Gasteiger partial charge in [0.25, 0.3) is 5.91 Å².